The standard InChI is InChI=1S/C9H14O2/c1-2-5-9(6-3-1)10-7-4-8-11-9/h1-3,5-8H2. The molecule has 0 unspecified atom stereocenters. The van der Waals surface area contributed by atoms with Crippen molar-refractivity contribution in [3.8, 4) is 0 Å². The Morgan fingerprint density at radius 3 is 2.18 bits per heavy atom. The van der Waals surface area contributed by atoms with Gasteiger partial charge in [0.15, 0.2) is 5.79 Å². The number of hydrogen-bond acceptors (Lipinski definition) is 2. The SMILES string of the molecule is [C]1COC2(CCCCC2)OC1. The van der Waals surface area contributed by atoms with Crippen LogP contribution in [-0.4, -0.2) is 19.0 Å². The molecule has 0 N–H and O–H groups in total. The summed E-state index contributed by atoms with van der Waals surface area (Å²) >= 11 is 0. The number of hydrogen-bond donors (Lipinski definition) is 0. The third kappa shape index (κ3) is 1.57. The lowest BCUT2D eigenvalue weighted by Gasteiger charge is -2.39. The second kappa shape index (κ2) is 3.11. The van der Waals surface area contributed by atoms with Crippen molar-refractivity contribution < 1.29 is 9.47 Å². The maximum Gasteiger partial charge on any atom is 0.168 e. The van der Waals surface area contributed by atoms with Gasteiger partial charge in [-0.25, -0.2) is 0 Å². The maximum atomic E-state index is 5.57. The van der Waals surface area contributed by atoms with Crippen molar-refractivity contribution in [2.45, 2.75) is 37.9 Å². The second-order valence-corrected chi connectivity index (χ2v) is 3.30. The molecule has 1 heterocycles. The first-order valence-corrected chi connectivity index (χ1v) is 4.40. The maximum absolute atomic E-state index is 5.57. The normalized spacial score (nSPS) is 30.5. The molecule has 1 aliphatic heterocycles. The van der Waals surface area contributed by atoms with Crippen LogP contribution in [0, 0.1) is 6.42 Å². The zero-order chi connectivity index (χ0) is 7.57. The van der Waals surface area contributed by atoms with E-state index < -0.39 is 0 Å². The van der Waals surface area contributed by atoms with Gasteiger partial charge in [0.25, 0.3) is 0 Å². The Labute approximate surface area is 67.9 Å². The zero-order valence-corrected chi connectivity index (χ0v) is 6.77. The number of rotatable bonds is 0. The smallest absolute Gasteiger partial charge is 0.168 e. The summed E-state index contributed by atoms with van der Waals surface area (Å²) in [6.45, 7) is 1.31. The molecule has 0 atom stereocenters. The molecule has 1 saturated heterocycles. The van der Waals surface area contributed by atoms with E-state index in [1.54, 1.807) is 0 Å². The Kier molecular flexibility index (Phi) is 2.14. The van der Waals surface area contributed by atoms with E-state index in [1.807, 2.05) is 0 Å². The summed E-state index contributed by atoms with van der Waals surface area (Å²) in [6.07, 6.45) is 9.00. The largest absolute Gasteiger partial charge is 0.349 e. The Hall–Kier alpha value is -0.0800. The Balaban J connectivity index is 1.94. The molecule has 2 fully saturated rings. The van der Waals surface area contributed by atoms with Gasteiger partial charge in [-0.3, -0.25) is 0 Å². The Bertz CT molecular complexity index is 102. The first-order valence-electron chi connectivity index (χ1n) is 4.40. The summed E-state index contributed by atoms with van der Waals surface area (Å²) in [7, 11) is 0. The molecule has 0 aromatic carbocycles. The summed E-state index contributed by atoms with van der Waals surface area (Å²) in [5.41, 5.74) is 0. The molecule has 0 aromatic rings. The third-order valence-corrected chi connectivity index (χ3v) is 2.49. The first kappa shape index (κ1) is 7.56. The summed E-state index contributed by atoms with van der Waals surface area (Å²) in [5.74, 6) is -0.205. The molecule has 62 valence electrons. The Morgan fingerprint density at radius 1 is 0.909 bits per heavy atom. The lowest BCUT2D eigenvalue weighted by atomic mass is 9.93. The van der Waals surface area contributed by atoms with Crippen molar-refractivity contribution in [3.63, 3.8) is 0 Å². The summed E-state index contributed by atoms with van der Waals surface area (Å²) in [4.78, 5) is 0. The quantitative estimate of drug-likeness (QED) is 0.529. The Morgan fingerprint density at radius 2 is 1.55 bits per heavy atom. The minimum atomic E-state index is -0.205. The monoisotopic (exact) mass is 154 g/mol. The van der Waals surface area contributed by atoms with Crippen LogP contribution < -0.4 is 0 Å². The van der Waals surface area contributed by atoms with Gasteiger partial charge in [0.05, 0.1) is 13.2 Å². The molecule has 2 heteroatoms. The minimum absolute atomic E-state index is 0.205. The molecule has 2 radical (unpaired) electrons. The van der Waals surface area contributed by atoms with Gasteiger partial charge in [-0.15, -0.1) is 0 Å². The molecule has 0 amide bonds. The lowest BCUT2D eigenvalue weighted by molar-refractivity contribution is -0.265. The molecule has 2 rings (SSSR count). The van der Waals surface area contributed by atoms with E-state index in [1.165, 1.54) is 19.3 Å². The molecule has 0 bridgehead atoms. The molecule has 2 nitrogen and oxygen atoms in total. The first-order chi connectivity index (χ1) is 5.41. The van der Waals surface area contributed by atoms with Crippen LogP contribution in [0.2, 0.25) is 0 Å². The van der Waals surface area contributed by atoms with Gasteiger partial charge in [-0.1, -0.05) is 6.42 Å². The van der Waals surface area contributed by atoms with Crippen molar-refractivity contribution in [3.05, 3.63) is 6.42 Å². The van der Waals surface area contributed by atoms with Gasteiger partial charge in [0.1, 0.15) is 0 Å². The molecular weight excluding hydrogens is 140 g/mol. The average molecular weight is 154 g/mol. The molecule has 1 aliphatic carbocycles. The summed E-state index contributed by atoms with van der Waals surface area (Å²) in [5, 5.41) is 0. The zero-order valence-electron chi connectivity index (χ0n) is 6.77. The van der Waals surface area contributed by atoms with E-state index in [-0.39, 0.29) is 5.79 Å². The van der Waals surface area contributed by atoms with Crippen molar-refractivity contribution >= 4 is 0 Å². The van der Waals surface area contributed by atoms with Crippen LogP contribution in [0.4, 0.5) is 0 Å². The molecule has 2 aliphatic rings. The van der Waals surface area contributed by atoms with Crippen LogP contribution >= 0.6 is 0 Å². The third-order valence-electron chi connectivity index (χ3n) is 2.49. The highest BCUT2D eigenvalue weighted by Gasteiger charge is 2.35. The van der Waals surface area contributed by atoms with Gasteiger partial charge in [0, 0.05) is 19.3 Å². The van der Waals surface area contributed by atoms with Crippen LogP contribution in [0.1, 0.15) is 32.1 Å². The summed E-state index contributed by atoms with van der Waals surface area (Å²) < 4.78 is 11.1. The van der Waals surface area contributed by atoms with Crippen molar-refractivity contribution in [2.24, 2.45) is 0 Å². The van der Waals surface area contributed by atoms with Crippen LogP contribution in [0.25, 0.3) is 0 Å². The molecular formula is C9H14O2. The van der Waals surface area contributed by atoms with Gasteiger partial charge < -0.3 is 9.47 Å². The molecule has 1 spiro atoms. The predicted octanol–water partition coefficient (Wildman–Crippen LogP) is 1.77. The van der Waals surface area contributed by atoms with Crippen molar-refractivity contribution in [1.82, 2.24) is 0 Å². The average Bonchev–Trinajstić information content (AvgIpc) is 2.07. The second-order valence-electron chi connectivity index (χ2n) is 3.30. The van der Waals surface area contributed by atoms with Crippen LogP contribution in [0.5, 0.6) is 0 Å². The fourth-order valence-corrected chi connectivity index (χ4v) is 1.83. The molecule has 1 saturated carbocycles. The van der Waals surface area contributed by atoms with Gasteiger partial charge in [-0.2, -0.15) is 0 Å². The van der Waals surface area contributed by atoms with Gasteiger partial charge >= 0.3 is 0 Å². The van der Waals surface area contributed by atoms with E-state index in [0.717, 1.165) is 12.8 Å². The fourth-order valence-electron chi connectivity index (χ4n) is 1.83. The summed E-state index contributed by atoms with van der Waals surface area (Å²) in [6, 6.07) is 0. The molecule has 0 aromatic heterocycles. The van der Waals surface area contributed by atoms with Crippen molar-refractivity contribution in [2.75, 3.05) is 13.2 Å². The highest BCUT2D eigenvalue weighted by atomic mass is 16.7. The van der Waals surface area contributed by atoms with Crippen LogP contribution in [0.15, 0.2) is 0 Å². The van der Waals surface area contributed by atoms with Crippen LogP contribution in [0.3, 0.4) is 0 Å². The van der Waals surface area contributed by atoms with Gasteiger partial charge in [-0.05, 0) is 12.8 Å². The minimum Gasteiger partial charge on any atom is -0.349 e. The van der Waals surface area contributed by atoms with E-state index in [2.05, 4.69) is 6.42 Å². The topological polar surface area (TPSA) is 18.5 Å². The fraction of sp³-hybridized carbons (Fsp3) is 0.889. The highest BCUT2D eigenvalue weighted by molar-refractivity contribution is 4.81. The van der Waals surface area contributed by atoms with Gasteiger partial charge in [0.2, 0.25) is 0 Å². The molecule has 11 heavy (non-hydrogen) atoms. The highest BCUT2D eigenvalue weighted by Crippen LogP contribution is 2.34. The van der Waals surface area contributed by atoms with E-state index in [0.29, 0.717) is 13.2 Å². The van der Waals surface area contributed by atoms with E-state index >= 15 is 0 Å². The van der Waals surface area contributed by atoms with E-state index in [4.69, 9.17) is 9.47 Å². The lowest BCUT2D eigenvalue weighted by Crippen LogP contribution is -2.42. The predicted molar refractivity (Wildman–Crippen MR) is 41.0 cm³/mol. The number of ether oxygens (including phenoxy) is 2. The van der Waals surface area contributed by atoms with E-state index in [9.17, 15) is 0 Å². The van der Waals surface area contributed by atoms with Crippen LogP contribution in [-0.2, 0) is 9.47 Å². The van der Waals surface area contributed by atoms with Crippen molar-refractivity contribution in [1.29, 1.82) is 0 Å².